The molecule has 0 saturated carbocycles. The molecule has 0 heterocycles. The van der Waals surface area contributed by atoms with Gasteiger partial charge in [0, 0.05) is 25.2 Å². The van der Waals surface area contributed by atoms with Crippen LogP contribution in [-0.4, -0.2) is 44.6 Å². The van der Waals surface area contributed by atoms with Gasteiger partial charge in [0.2, 0.25) is 15.9 Å². The van der Waals surface area contributed by atoms with E-state index in [1.165, 1.54) is 12.1 Å². The van der Waals surface area contributed by atoms with Crippen LogP contribution in [0.4, 0.5) is 4.39 Å². The lowest BCUT2D eigenvalue weighted by Crippen LogP contribution is -2.38. The van der Waals surface area contributed by atoms with E-state index in [0.29, 0.717) is 5.75 Å². The standard InChI is InChI=1S/C19H23FN2O4S/c1-27(24,25)22(15-16-7-5-6-10-18(16)20)13-12-21-19(23)11-14-26-17-8-3-2-4-9-17/h2-10H,11-15H2,1H3,(H,21,23). The predicted molar refractivity (Wildman–Crippen MR) is 101 cm³/mol. The zero-order chi connectivity index (χ0) is 19.7. The van der Waals surface area contributed by atoms with E-state index in [4.69, 9.17) is 4.74 Å². The van der Waals surface area contributed by atoms with Crippen LogP contribution in [0.25, 0.3) is 0 Å². The van der Waals surface area contributed by atoms with Crippen LogP contribution in [0.1, 0.15) is 12.0 Å². The summed E-state index contributed by atoms with van der Waals surface area (Å²) in [7, 11) is -3.54. The van der Waals surface area contributed by atoms with Gasteiger partial charge in [-0.15, -0.1) is 0 Å². The number of para-hydroxylation sites is 1. The number of hydrogen-bond acceptors (Lipinski definition) is 4. The first-order valence-corrected chi connectivity index (χ1v) is 10.3. The van der Waals surface area contributed by atoms with Crippen molar-refractivity contribution in [2.75, 3.05) is 26.0 Å². The molecular weight excluding hydrogens is 371 g/mol. The number of benzene rings is 2. The molecule has 2 aromatic rings. The Morgan fingerprint density at radius 2 is 1.78 bits per heavy atom. The van der Waals surface area contributed by atoms with Crippen molar-refractivity contribution in [3.05, 3.63) is 66.0 Å². The Hall–Kier alpha value is -2.45. The lowest BCUT2D eigenvalue weighted by Gasteiger charge is -2.20. The molecule has 8 heteroatoms. The Bertz CT molecular complexity index is 844. The normalized spacial score (nSPS) is 11.4. The fourth-order valence-corrected chi connectivity index (χ4v) is 3.16. The fraction of sp³-hybridized carbons (Fsp3) is 0.316. The summed E-state index contributed by atoms with van der Waals surface area (Å²) in [5.74, 6) is -0.0306. The van der Waals surface area contributed by atoms with Crippen molar-refractivity contribution in [2.45, 2.75) is 13.0 Å². The Morgan fingerprint density at radius 3 is 2.44 bits per heavy atom. The monoisotopic (exact) mass is 394 g/mol. The minimum atomic E-state index is -3.54. The summed E-state index contributed by atoms with van der Waals surface area (Å²) in [6, 6.07) is 15.1. The highest BCUT2D eigenvalue weighted by molar-refractivity contribution is 7.88. The highest BCUT2D eigenvalue weighted by Gasteiger charge is 2.18. The molecule has 0 saturated heterocycles. The maximum atomic E-state index is 13.8. The van der Waals surface area contributed by atoms with E-state index in [1.807, 2.05) is 18.2 Å². The molecule has 1 N–H and O–H groups in total. The van der Waals surface area contributed by atoms with Crippen molar-refractivity contribution in [1.29, 1.82) is 0 Å². The summed E-state index contributed by atoms with van der Waals surface area (Å²) in [5.41, 5.74) is 0.283. The van der Waals surface area contributed by atoms with Gasteiger partial charge in [0.05, 0.1) is 19.3 Å². The van der Waals surface area contributed by atoms with Crippen LogP contribution in [0.3, 0.4) is 0 Å². The third kappa shape index (κ3) is 7.36. The lowest BCUT2D eigenvalue weighted by molar-refractivity contribution is -0.121. The second kappa shape index (κ2) is 10.0. The first kappa shape index (κ1) is 20.9. The topological polar surface area (TPSA) is 75.7 Å². The van der Waals surface area contributed by atoms with Gasteiger partial charge in [-0.25, -0.2) is 12.8 Å². The zero-order valence-electron chi connectivity index (χ0n) is 15.1. The Kier molecular flexibility index (Phi) is 7.75. The molecule has 6 nitrogen and oxygen atoms in total. The van der Waals surface area contributed by atoms with Gasteiger partial charge in [-0.1, -0.05) is 36.4 Å². The first-order chi connectivity index (χ1) is 12.9. The molecule has 146 valence electrons. The second-order valence-corrected chi connectivity index (χ2v) is 7.93. The molecule has 0 spiro atoms. The molecule has 0 radical (unpaired) electrons. The molecule has 27 heavy (non-hydrogen) atoms. The van der Waals surface area contributed by atoms with Gasteiger partial charge in [0.25, 0.3) is 0 Å². The number of amides is 1. The number of nitrogens with one attached hydrogen (secondary N) is 1. The Morgan fingerprint density at radius 1 is 1.11 bits per heavy atom. The molecule has 0 aromatic heterocycles. The first-order valence-electron chi connectivity index (χ1n) is 8.49. The molecule has 0 aliphatic carbocycles. The van der Waals surface area contributed by atoms with Gasteiger partial charge >= 0.3 is 0 Å². The summed E-state index contributed by atoms with van der Waals surface area (Å²) in [6.07, 6.45) is 1.21. The van der Waals surface area contributed by atoms with Gasteiger partial charge in [-0.3, -0.25) is 4.79 Å². The maximum Gasteiger partial charge on any atom is 0.223 e. The van der Waals surface area contributed by atoms with Gasteiger partial charge in [0.1, 0.15) is 11.6 Å². The fourth-order valence-electron chi connectivity index (χ4n) is 2.37. The van der Waals surface area contributed by atoms with Crippen LogP contribution in [0.5, 0.6) is 5.75 Å². The third-order valence-corrected chi connectivity index (χ3v) is 5.05. The van der Waals surface area contributed by atoms with Crippen molar-refractivity contribution in [3.8, 4) is 5.75 Å². The highest BCUT2D eigenvalue weighted by Crippen LogP contribution is 2.12. The molecule has 1 amide bonds. The van der Waals surface area contributed by atoms with E-state index in [2.05, 4.69) is 5.32 Å². The van der Waals surface area contributed by atoms with Crippen molar-refractivity contribution in [3.63, 3.8) is 0 Å². The summed E-state index contributed by atoms with van der Waals surface area (Å²) >= 11 is 0. The zero-order valence-corrected chi connectivity index (χ0v) is 15.9. The highest BCUT2D eigenvalue weighted by atomic mass is 32.2. The van der Waals surface area contributed by atoms with Crippen LogP contribution < -0.4 is 10.1 Å². The number of rotatable bonds is 10. The third-order valence-electron chi connectivity index (χ3n) is 3.80. The molecule has 0 fully saturated rings. The van der Waals surface area contributed by atoms with Gasteiger partial charge < -0.3 is 10.1 Å². The van der Waals surface area contributed by atoms with Crippen LogP contribution in [0, 0.1) is 5.82 Å². The number of carbonyl (C=O) groups is 1. The molecule has 0 aliphatic rings. The Labute approximate surface area is 159 Å². The Balaban J connectivity index is 1.78. The van der Waals surface area contributed by atoms with E-state index >= 15 is 0 Å². The molecule has 0 unspecified atom stereocenters. The van der Waals surface area contributed by atoms with E-state index in [0.717, 1.165) is 10.6 Å². The van der Waals surface area contributed by atoms with E-state index in [9.17, 15) is 17.6 Å². The quantitative estimate of drug-likeness (QED) is 0.670. The molecule has 0 atom stereocenters. The largest absolute Gasteiger partial charge is 0.493 e. The number of carbonyl (C=O) groups excluding carboxylic acids is 1. The number of hydrogen-bond donors (Lipinski definition) is 1. The van der Waals surface area contributed by atoms with Crippen LogP contribution >= 0.6 is 0 Å². The molecule has 2 rings (SSSR count). The minimum Gasteiger partial charge on any atom is -0.493 e. The summed E-state index contributed by atoms with van der Waals surface area (Å²) in [4.78, 5) is 11.9. The van der Waals surface area contributed by atoms with Crippen LogP contribution in [0.15, 0.2) is 54.6 Å². The van der Waals surface area contributed by atoms with E-state index in [-0.39, 0.29) is 44.1 Å². The van der Waals surface area contributed by atoms with Crippen LogP contribution in [-0.2, 0) is 21.4 Å². The summed E-state index contributed by atoms with van der Waals surface area (Å²) in [6.45, 7) is 0.323. The van der Waals surface area contributed by atoms with Crippen molar-refractivity contribution in [2.24, 2.45) is 0 Å². The van der Waals surface area contributed by atoms with E-state index in [1.54, 1.807) is 24.3 Å². The average Bonchev–Trinajstić information content (AvgIpc) is 2.62. The number of ether oxygens (including phenoxy) is 1. The molecule has 0 bridgehead atoms. The smallest absolute Gasteiger partial charge is 0.223 e. The summed E-state index contributed by atoms with van der Waals surface area (Å²) in [5, 5.41) is 2.65. The van der Waals surface area contributed by atoms with Gasteiger partial charge in [-0.2, -0.15) is 4.31 Å². The van der Waals surface area contributed by atoms with Crippen LogP contribution in [0.2, 0.25) is 0 Å². The van der Waals surface area contributed by atoms with Crippen molar-refractivity contribution >= 4 is 15.9 Å². The van der Waals surface area contributed by atoms with Gasteiger partial charge in [0.15, 0.2) is 0 Å². The number of halogens is 1. The lowest BCUT2D eigenvalue weighted by atomic mass is 10.2. The predicted octanol–water partition coefficient (Wildman–Crippen LogP) is 2.17. The summed E-state index contributed by atoms with van der Waals surface area (Å²) < 4.78 is 44.2. The van der Waals surface area contributed by atoms with Gasteiger partial charge in [-0.05, 0) is 18.2 Å². The molecule has 0 aliphatic heterocycles. The van der Waals surface area contributed by atoms with Crippen molar-refractivity contribution < 1.29 is 22.3 Å². The molecular formula is C19H23FN2O4S. The molecule has 2 aromatic carbocycles. The number of nitrogens with zero attached hydrogens (tertiary/aromatic N) is 1. The van der Waals surface area contributed by atoms with E-state index < -0.39 is 15.8 Å². The minimum absolute atomic E-state index is 0.0540. The second-order valence-electron chi connectivity index (χ2n) is 5.95. The SMILES string of the molecule is CS(=O)(=O)N(CCNC(=O)CCOc1ccccc1)Cc1ccccc1F. The average molecular weight is 394 g/mol. The number of sulfonamides is 1. The van der Waals surface area contributed by atoms with Crippen molar-refractivity contribution in [1.82, 2.24) is 9.62 Å². The maximum absolute atomic E-state index is 13.8.